The summed E-state index contributed by atoms with van der Waals surface area (Å²) in [5, 5.41) is 2.67. The molecule has 0 radical (unpaired) electrons. The fourth-order valence-electron chi connectivity index (χ4n) is 3.49. The maximum absolute atomic E-state index is 13.0. The van der Waals surface area contributed by atoms with Gasteiger partial charge in [-0.1, -0.05) is 12.1 Å². The molecule has 1 heterocycles. The van der Waals surface area contributed by atoms with Crippen molar-refractivity contribution in [1.82, 2.24) is 4.31 Å². The van der Waals surface area contributed by atoms with Crippen molar-refractivity contribution >= 4 is 27.6 Å². The summed E-state index contributed by atoms with van der Waals surface area (Å²) in [6, 6.07) is 11.1. The molecule has 172 valence electrons. The van der Waals surface area contributed by atoms with Crippen molar-refractivity contribution in [2.75, 3.05) is 25.0 Å². The molecule has 3 rings (SSSR count). The second-order valence-electron chi connectivity index (χ2n) is 8.03. The first-order chi connectivity index (χ1) is 15.1. The van der Waals surface area contributed by atoms with Crippen LogP contribution >= 0.6 is 0 Å². The van der Waals surface area contributed by atoms with Gasteiger partial charge in [-0.2, -0.15) is 4.31 Å². The van der Waals surface area contributed by atoms with Gasteiger partial charge in [0.2, 0.25) is 10.0 Å². The van der Waals surface area contributed by atoms with Crippen molar-refractivity contribution in [3.8, 4) is 0 Å². The van der Waals surface area contributed by atoms with E-state index >= 15 is 0 Å². The van der Waals surface area contributed by atoms with Crippen molar-refractivity contribution in [3.05, 3.63) is 59.2 Å². The van der Waals surface area contributed by atoms with E-state index in [4.69, 9.17) is 9.47 Å². The Balaban J connectivity index is 1.64. The number of hydrogen-bond donors (Lipinski definition) is 1. The first kappa shape index (κ1) is 23.9. The zero-order valence-corrected chi connectivity index (χ0v) is 19.4. The van der Waals surface area contributed by atoms with Crippen molar-refractivity contribution in [2.45, 2.75) is 44.8 Å². The van der Waals surface area contributed by atoms with E-state index in [0.29, 0.717) is 5.69 Å². The molecule has 0 spiro atoms. The van der Waals surface area contributed by atoms with Gasteiger partial charge in [0, 0.05) is 18.8 Å². The molecule has 1 N–H and O–H groups in total. The molecule has 1 aliphatic rings. The van der Waals surface area contributed by atoms with Gasteiger partial charge in [0.05, 0.1) is 22.7 Å². The molecule has 0 aliphatic carbocycles. The van der Waals surface area contributed by atoms with Crippen molar-refractivity contribution in [3.63, 3.8) is 0 Å². The van der Waals surface area contributed by atoms with Crippen LogP contribution in [0, 0.1) is 13.8 Å². The van der Waals surface area contributed by atoms with Gasteiger partial charge in [0.25, 0.3) is 5.91 Å². The van der Waals surface area contributed by atoms with Crippen LogP contribution in [-0.4, -0.2) is 56.5 Å². The molecule has 1 saturated heterocycles. The van der Waals surface area contributed by atoms with Crippen LogP contribution < -0.4 is 5.32 Å². The molecule has 0 saturated carbocycles. The highest BCUT2D eigenvalue weighted by Gasteiger charge is 2.32. The number of sulfonamides is 1. The van der Waals surface area contributed by atoms with Crippen molar-refractivity contribution in [2.24, 2.45) is 0 Å². The predicted molar refractivity (Wildman–Crippen MR) is 120 cm³/mol. The lowest BCUT2D eigenvalue weighted by Gasteiger charge is -2.34. The molecule has 2 aromatic carbocycles. The number of ether oxygens (including phenoxy) is 2. The minimum Gasteiger partial charge on any atom is -0.452 e. The molecule has 8 nitrogen and oxygen atoms in total. The lowest BCUT2D eigenvalue weighted by molar-refractivity contribution is -0.119. The number of anilines is 1. The van der Waals surface area contributed by atoms with Gasteiger partial charge in [-0.15, -0.1) is 0 Å². The zero-order chi connectivity index (χ0) is 23.5. The van der Waals surface area contributed by atoms with Gasteiger partial charge in [0.15, 0.2) is 6.61 Å². The van der Waals surface area contributed by atoms with E-state index in [2.05, 4.69) is 5.32 Å². The van der Waals surface area contributed by atoms with Crippen LogP contribution in [0.3, 0.4) is 0 Å². The predicted octanol–water partition coefficient (Wildman–Crippen LogP) is 2.90. The van der Waals surface area contributed by atoms with E-state index < -0.39 is 28.5 Å². The average molecular weight is 461 g/mol. The number of carbonyl (C=O) groups is 2. The summed E-state index contributed by atoms with van der Waals surface area (Å²) >= 11 is 0. The second kappa shape index (κ2) is 9.81. The fourth-order valence-corrected chi connectivity index (χ4v) is 5.13. The van der Waals surface area contributed by atoms with Crippen LogP contribution in [0.5, 0.6) is 0 Å². The summed E-state index contributed by atoms with van der Waals surface area (Å²) in [5.41, 5.74) is 2.79. The third-order valence-electron chi connectivity index (χ3n) is 5.22. The largest absolute Gasteiger partial charge is 0.452 e. The number of carbonyl (C=O) groups excluding carboxylic acids is 2. The number of rotatable bonds is 6. The Bertz CT molecular complexity index is 1110. The SMILES string of the molecule is Cc1ccc(NC(=O)COC(=O)c2cccc(S(=O)(=O)N3CC(C)OC(C)C3)c2)cc1C. The molecule has 2 unspecified atom stereocenters. The minimum atomic E-state index is -3.80. The van der Waals surface area contributed by atoms with Gasteiger partial charge in [-0.25, -0.2) is 13.2 Å². The number of esters is 1. The van der Waals surface area contributed by atoms with Crippen LogP contribution in [0.1, 0.15) is 35.3 Å². The van der Waals surface area contributed by atoms with E-state index in [9.17, 15) is 18.0 Å². The van der Waals surface area contributed by atoms with E-state index in [1.807, 2.05) is 39.8 Å². The van der Waals surface area contributed by atoms with E-state index in [0.717, 1.165) is 11.1 Å². The number of nitrogens with zero attached hydrogens (tertiary/aromatic N) is 1. The monoisotopic (exact) mass is 460 g/mol. The first-order valence-corrected chi connectivity index (χ1v) is 11.8. The van der Waals surface area contributed by atoms with Crippen LogP contribution in [0.25, 0.3) is 0 Å². The second-order valence-corrected chi connectivity index (χ2v) is 9.97. The smallest absolute Gasteiger partial charge is 0.338 e. The minimum absolute atomic E-state index is 0.00664. The summed E-state index contributed by atoms with van der Waals surface area (Å²) < 4.78 is 38.1. The number of hydrogen-bond acceptors (Lipinski definition) is 6. The third-order valence-corrected chi connectivity index (χ3v) is 7.05. The van der Waals surface area contributed by atoms with E-state index in [1.165, 1.54) is 28.6 Å². The van der Waals surface area contributed by atoms with E-state index in [1.54, 1.807) is 6.07 Å². The average Bonchev–Trinajstić information content (AvgIpc) is 2.74. The Labute approximate surface area is 188 Å². The highest BCUT2D eigenvalue weighted by Crippen LogP contribution is 2.22. The summed E-state index contributed by atoms with van der Waals surface area (Å²) in [6.45, 7) is 7.52. The molecule has 2 atom stereocenters. The molecule has 2 aromatic rings. The topological polar surface area (TPSA) is 102 Å². The van der Waals surface area contributed by atoms with E-state index in [-0.39, 0.29) is 35.8 Å². The number of benzene rings is 2. The van der Waals surface area contributed by atoms with Crippen molar-refractivity contribution < 1.29 is 27.5 Å². The molecule has 1 amide bonds. The lowest BCUT2D eigenvalue weighted by atomic mass is 10.1. The number of aryl methyl sites for hydroxylation is 2. The Hall–Kier alpha value is -2.75. The Morgan fingerprint density at radius 1 is 1.06 bits per heavy atom. The Morgan fingerprint density at radius 2 is 1.75 bits per heavy atom. The van der Waals surface area contributed by atoms with Crippen LogP contribution in [-0.2, 0) is 24.3 Å². The zero-order valence-electron chi connectivity index (χ0n) is 18.6. The van der Waals surface area contributed by atoms with Crippen LogP contribution in [0.4, 0.5) is 5.69 Å². The quantitative estimate of drug-likeness (QED) is 0.665. The van der Waals surface area contributed by atoms with Crippen molar-refractivity contribution in [1.29, 1.82) is 0 Å². The van der Waals surface area contributed by atoms with Gasteiger partial charge in [-0.3, -0.25) is 4.79 Å². The first-order valence-electron chi connectivity index (χ1n) is 10.4. The number of morpholine rings is 1. The normalized spacial score (nSPS) is 19.4. The maximum atomic E-state index is 13.0. The Kier molecular flexibility index (Phi) is 7.33. The molecule has 0 bridgehead atoms. The summed E-state index contributed by atoms with van der Waals surface area (Å²) in [6.07, 6.45) is -0.449. The van der Waals surface area contributed by atoms with Gasteiger partial charge in [-0.05, 0) is 69.2 Å². The molecular formula is C23H28N2O6S. The van der Waals surface area contributed by atoms with Crippen LogP contribution in [0.2, 0.25) is 0 Å². The fraction of sp³-hybridized carbons (Fsp3) is 0.391. The molecular weight excluding hydrogens is 432 g/mol. The molecule has 32 heavy (non-hydrogen) atoms. The van der Waals surface area contributed by atoms with Gasteiger partial charge < -0.3 is 14.8 Å². The highest BCUT2D eigenvalue weighted by atomic mass is 32.2. The summed E-state index contributed by atoms with van der Waals surface area (Å²) in [4.78, 5) is 24.6. The highest BCUT2D eigenvalue weighted by molar-refractivity contribution is 7.89. The van der Waals surface area contributed by atoms with Crippen LogP contribution in [0.15, 0.2) is 47.4 Å². The third kappa shape index (κ3) is 5.73. The summed E-state index contributed by atoms with van der Waals surface area (Å²) in [5.74, 6) is -1.26. The molecule has 9 heteroatoms. The molecule has 1 aliphatic heterocycles. The molecule has 0 aromatic heterocycles. The lowest BCUT2D eigenvalue weighted by Crippen LogP contribution is -2.48. The summed E-state index contributed by atoms with van der Waals surface area (Å²) in [7, 11) is -3.80. The maximum Gasteiger partial charge on any atom is 0.338 e. The molecule has 1 fully saturated rings. The van der Waals surface area contributed by atoms with Gasteiger partial charge in [0.1, 0.15) is 0 Å². The number of nitrogens with one attached hydrogen (secondary N) is 1. The Morgan fingerprint density at radius 3 is 2.41 bits per heavy atom. The standard InChI is InChI=1S/C23H28N2O6S/c1-15-8-9-20(10-16(15)2)24-22(26)14-30-23(27)19-6-5-7-21(11-19)32(28,29)25-12-17(3)31-18(4)13-25/h5-11,17-18H,12-14H2,1-4H3,(H,24,26). The van der Waals surface area contributed by atoms with Gasteiger partial charge >= 0.3 is 5.97 Å². The number of amides is 1.